The number of carbonyl (C=O) groups excluding carboxylic acids is 1. The number of hydrogen-bond donors (Lipinski definition) is 2. The fraction of sp³-hybridized carbons (Fsp3) is 0.219. The summed E-state index contributed by atoms with van der Waals surface area (Å²) in [5.41, 5.74) is 9.72. The van der Waals surface area contributed by atoms with Crippen LogP contribution in [0.2, 0.25) is 0 Å². The average molecular weight is 657 g/mol. The number of rotatable bonds is 13. The largest absolute Gasteiger partial charge is 0.489 e. The number of esters is 1. The highest BCUT2D eigenvalue weighted by atomic mass is 127. The number of carbonyl (C=O) groups is 1. The van der Waals surface area contributed by atoms with Crippen molar-refractivity contribution in [3.8, 4) is 5.75 Å². The minimum absolute atomic E-state index is 0.0493. The predicted molar refractivity (Wildman–Crippen MR) is 160 cm³/mol. The van der Waals surface area contributed by atoms with E-state index in [9.17, 15) is 13.6 Å². The zero-order chi connectivity index (χ0) is 28.3. The third-order valence-corrected chi connectivity index (χ3v) is 6.91. The van der Waals surface area contributed by atoms with Crippen LogP contribution in [0.15, 0.2) is 97.1 Å². The van der Waals surface area contributed by atoms with Crippen molar-refractivity contribution in [3.63, 3.8) is 0 Å². The zero-order valence-electron chi connectivity index (χ0n) is 21.9. The van der Waals surface area contributed by atoms with Gasteiger partial charge >= 0.3 is 5.97 Å². The van der Waals surface area contributed by atoms with Crippen molar-refractivity contribution in [1.82, 2.24) is 5.32 Å². The van der Waals surface area contributed by atoms with Crippen molar-refractivity contribution in [2.75, 3.05) is 6.54 Å². The molecule has 8 heteroatoms. The van der Waals surface area contributed by atoms with Gasteiger partial charge in [0.05, 0.1) is 6.42 Å². The minimum atomic E-state index is -0.713. The van der Waals surface area contributed by atoms with Gasteiger partial charge in [0, 0.05) is 28.8 Å². The second-order valence-corrected chi connectivity index (χ2v) is 10.8. The molecule has 0 heterocycles. The summed E-state index contributed by atoms with van der Waals surface area (Å²) in [4.78, 5) is 12.9. The van der Waals surface area contributed by atoms with E-state index in [1.165, 1.54) is 12.1 Å². The molecule has 0 aliphatic rings. The van der Waals surface area contributed by atoms with E-state index in [0.717, 1.165) is 26.3 Å². The average Bonchev–Trinajstić information content (AvgIpc) is 2.92. The summed E-state index contributed by atoms with van der Waals surface area (Å²) in [5, 5.41) is 3.30. The van der Waals surface area contributed by atoms with Crippen LogP contribution in [0.5, 0.6) is 5.75 Å². The third-order valence-electron chi connectivity index (χ3n) is 6.24. The van der Waals surface area contributed by atoms with Gasteiger partial charge in [0.2, 0.25) is 0 Å². The van der Waals surface area contributed by atoms with Crippen LogP contribution in [0.4, 0.5) is 8.78 Å². The zero-order valence-corrected chi connectivity index (χ0v) is 24.0. The Balaban J connectivity index is 1.36. The van der Waals surface area contributed by atoms with Crippen LogP contribution < -0.4 is 15.8 Å². The van der Waals surface area contributed by atoms with Crippen LogP contribution >= 0.6 is 22.6 Å². The van der Waals surface area contributed by atoms with E-state index in [4.69, 9.17) is 15.2 Å². The molecule has 0 aliphatic carbocycles. The van der Waals surface area contributed by atoms with Gasteiger partial charge in [-0.05, 0) is 87.7 Å². The van der Waals surface area contributed by atoms with Gasteiger partial charge < -0.3 is 20.5 Å². The maximum Gasteiger partial charge on any atom is 0.310 e. The van der Waals surface area contributed by atoms with Gasteiger partial charge in [-0.1, -0.05) is 54.6 Å². The molecule has 4 aromatic carbocycles. The second-order valence-electron chi connectivity index (χ2n) is 9.53. The van der Waals surface area contributed by atoms with E-state index in [1.54, 1.807) is 0 Å². The smallest absolute Gasteiger partial charge is 0.310 e. The summed E-state index contributed by atoms with van der Waals surface area (Å²) in [6, 6.07) is 27.8. The maximum atomic E-state index is 13.7. The van der Waals surface area contributed by atoms with Crippen LogP contribution in [-0.2, 0) is 35.5 Å². The Kier molecular flexibility index (Phi) is 11.0. The van der Waals surface area contributed by atoms with Crippen LogP contribution in [0.3, 0.4) is 0 Å². The second kappa shape index (κ2) is 14.9. The van der Waals surface area contributed by atoms with Crippen molar-refractivity contribution in [2.24, 2.45) is 5.73 Å². The summed E-state index contributed by atoms with van der Waals surface area (Å²) in [5.74, 6) is -1.10. The molecule has 0 saturated carbocycles. The standard InChI is InChI=1S/C32H31F2IN2O3/c33-26-13-25(14-27(34)18-26)16-30(36)31(20-37-19-24-7-4-8-28(35)15-24)40-32(38)17-22-9-11-29(12-10-22)39-21-23-5-2-1-3-6-23/h1-15,18,30-31,37H,16-17,19-21,36H2/t30-,31+/m0/s1. The number of nitrogens with one attached hydrogen (secondary N) is 1. The first-order chi connectivity index (χ1) is 19.3. The Bertz CT molecular complexity index is 1370. The van der Waals surface area contributed by atoms with E-state index in [-0.39, 0.29) is 19.4 Å². The van der Waals surface area contributed by atoms with E-state index >= 15 is 0 Å². The molecule has 208 valence electrons. The Labute approximate surface area is 246 Å². The molecule has 40 heavy (non-hydrogen) atoms. The molecule has 4 aromatic rings. The quantitative estimate of drug-likeness (QED) is 0.137. The van der Waals surface area contributed by atoms with Gasteiger partial charge in [-0.25, -0.2) is 8.78 Å². The molecule has 0 bridgehead atoms. The molecule has 4 rings (SSSR count). The molecule has 0 saturated heterocycles. The molecule has 0 spiro atoms. The molecule has 3 N–H and O–H groups in total. The topological polar surface area (TPSA) is 73.6 Å². The number of halogens is 3. The van der Waals surface area contributed by atoms with E-state index in [1.807, 2.05) is 72.8 Å². The number of nitrogens with two attached hydrogens (primary N) is 1. The van der Waals surface area contributed by atoms with Crippen LogP contribution in [0.1, 0.15) is 22.3 Å². The SMILES string of the molecule is N[C@@H](Cc1cc(F)cc(F)c1)[C@@H](CNCc1cccc(I)c1)OC(=O)Cc1ccc(OCc2ccccc2)cc1. The first kappa shape index (κ1) is 29.6. The fourth-order valence-corrected chi connectivity index (χ4v) is 4.85. The van der Waals surface area contributed by atoms with Gasteiger partial charge in [0.1, 0.15) is 30.1 Å². The van der Waals surface area contributed by atoms with E-state index < -0.39 is 29.7 Å². The summed E-state index contributed by atoms with van der Waals surface area (Å²) in [7, 11) is 0. The molecule has 2 atom stereocenters. The predicted octanol–water partition coefficient (Wildman–Crippen LogP) is 5.96. The van der Waals surface area contributed by atoms with Gasteiger partial charge in [-0.3, -0.25) is 4.79 Å². The number of hydrogen-bond acceptors (Lipinski definition) is 5. The minimum Gasteiger partial charge on any atom is -0.489 e. The fourth-order valence-electron chi connectivity index (χ4n) is 4.24. The summed E-state index contributed by atoms with van der Waals surface area (Å²) >= 11 is 2.25. The normalized spacial score (nSPS) is 12.5. The van der Waals surface area contributed by atoms with Gasteiger partial charge in [-0.2, -0.15) is 0 Å². The van der Waals surface area contributed by atoms with E-state index in [0.29, 0.717) is 24.5 Å². The number of benzene rings is 4. The molecule has 0 aromatic heterocycles. The Hall–Kier alpha value is -3.34. The Morgan fingerprint density at radius 1 is 0.825 bits per heavy atom. The maximum absolute atomic E-state index is 13.7. The third kappa shape index (κ3) is 9.69. The summed E-state index contributed by atoms with van der Waals surface area (Å²) in [6.45, 7) is 1.28. The highest BCUT2D eigenvalue weighted by molar-refractivity contribution is 14.1. The van der Waals surface area contributed by atoms with Crippen LogP contribution in [0.25, 0.3) is 0 Å². The van der Waals surface area contributed by atoms with Crippen molar-refractivity contribution in [3.05, 3.63) is 135 Å². The van der Waals surface area contributed by atoms with Crippen molar-refractivity contribution >= 4 is 28.6 Å². The number of ether oxygens (including phenoxy) is 2. The molecule has 0 radical (unpaired) electrons. The highest BCUT2D eigenvalue weighted by Crippen LogP contribution is 2.17. The lowest BCUT2D eigenvalue weighted by Gasteiger charge is -2.25. The van der Waals surface area contributed by atoms with Crippen LogP contribution in [-0.4, -0.2) is 24.7 Å². The lowest BCUT2D eigenvalue weighted by Crippen LogP contribution is -2.46. The van der Waals surface area contributed by atoms with Crippen molar-refractivity contribution in [1.29, 1.82) is 0 Å². The molecule has 0 fully saturated rings. The van der Waals surface area contributed by atoms with Crippen molar-refractivity contribution in [2.45, 2.75) is 38.1 Å². The lowest BCUT2D eigenvalue weighted by molar-refractivity contribution is -0.149. The molecular formula is C32H31F2IN2O3. The van der Waals surface area contributed by atoms with Gasteiger partial charge in [0.15, 0.2) is 0 Å². The van der Waals surface area contributed by atoms with E-state index in [2.05, 4.69) is 34.0 Å². The molecule has 0 amide bonds. The van der Waals surface area contributed by atoms with Crippen LogP contribution in [0, 0.1) is 15.2 Å². The molecule has 0 unspecified atom stereocenters. The Morgan fingerprint density at radius 2 is 1.52 bits per heavy atom. The summed E-state index contributed by atoms with van der Waals surface area (Å²) in [6.07, 6.45) is -0.520. The first-order valence-corrected chi connectivity index (χ1v) is 14.0. The van der Waals surface area contributed by atoms with Gasteiger partial charge in [0.25, 0.3) is 0 Å². The molecule has 5 nitrogen and oxygen atoms in total. The summed E-state index contributed by atoms with van der Waals surface area (Å²) < 4.78 is 40.2. The van der Waals surface area contributed by atoms with Crippen molar-refractivity contribution < 1.29 is 23.0 Å². The lowest BCUT2D eigenvalue weighted by atomic mass is 10.0. The molecular weight excluding hydrogens is 625 g/mol. The first-order valence-electron chi connectivity index (χ1n) is 12.9. The van der Waals surface area contributed by atoms with Gasteiger partial charge in [-0.15, -0.1) is 0 Å². The monoisotopic (exact) mass is 656 g/mol. The highest BCUT2D eigenvalue weighted by Gasteiger charge is 2.23. The Morgan fingerprint density at radius 3 is 2.23 bits per heavy atom. The molecule has 0 aliphatic heterocycles.